The molecule has 0 fully saturated rings. The van der Waals surface area contributed by atoms with Crippen LogP contribution in [0.1, 0.15) is 27.0 Å². The van der Waals surface area contributed by atoms with Gasteiger partial charge >= 0.3 is 0 Å². The fourth-order valence-corrected chi connectivity index (χ4v) is 3.50. The van der Waals surface area contributed by atoms with Crippen molar-refractivity contribution >= 4 is 5.91 Å². The Hall–Kier alpha value is -4.37. The molecule has 1 heterocycles. The number of benzene rings is 3. The number of hydrogen-bond donors (Lipinski definition) is 1. The van der Waals surface area contributed by atoms with E-state index >= 15 is 0 Å². The highest BCUT2D eigenvalue weighted by Gasteiger charge is 2.18. The van der Waals surface area contributed by atoms with Crippen LogP contribution in [0.4, 0.5) is 0 Å². The summed E-state index contributed by atoms with van der Waals surface area (Å²) in [6.07, 6.45) is 1.80. The molecule has 0 aliphatic rings. The maximum atomic E-state index is 13.2. The Bertz CT molecular complexity index is 1270. The van der Waals surface area contributed by atoms with Gasteiger partial charge in [-0.05, 0) is 30.2 Å². The Morgan fingerprint density at radius 3 is 2.55 bits per heavy atom. The monoisotopic (exact) mass is 436 g/mol. The third-order valence-electron chi connectivity index (χ3n) is 5.17. The lowest BCUT2D eigenvalue weighted by Crippen LogP contribution is -2.23. The number of carbonyl (C=O) groups excluding carboxylic acids is 1. The van der Waals surface area contributed by atoms with Crippen molar-refractivity contribution in [2.45, 2.75) is 20.0 Å². The van der Waals surface area contributed by atoms with Crippen molar-refractivity contribution in [1.82, 2.24) is 15.1 Å². The summed E-state index contributed by atoms with van der Waals surface area (Å²) in [4.78, 5) is 13.2. The molecule has 0 spiro atoms. The maximum absolute atomic E-state index is 13.2. The first-order chi connectivity index (χ1) is 16.1. The first-order valence-corrected chi connectivity index (χ1v) is 10.7. The third-order valence-corrected chi connectivity index (χ3v) is 5.17. The van der Waals surface area contributed by atoms with Gasteiger partial charge in [0, 0.05) is 18.3 Å². The van der Waals surface area contributed by atoms with E-state index in [0.717, 1.165) is 22.3 Å². The summed E-state index contributed by atoms with van der Waals surface area (Å²) in [6, 6.07) is 27.3. The summed E-state index contributed by atoms with van der Waals surface area (Å²) >= 11 is 0. The lowest BCUT2D eigenvalue weighted by molar-refractivity contribution is 0.0951. The molecule has 1 N–H and O–H groups in total. The molecule has 4 rings (SSSR count). The van der Waals surface area contributed by atoms with E-state index in [1.165, 1.54) is 0 Å². The van der Waals surface area contributed by atoms with Crippen LogP contribution in [0.25, 0.3) is 11.3 Å². The van der Waals surface area contributed by atoms with Gasteiger partial charge in [0.05, 0.1) is 12.1 Å². The molecule has 0 bridgehead atoms. The largest absolute Gasteiger partial charge is 0.479 e. The fourth-order valence-electron chi connectivity index (χ4n) is 3.50. The minimum absolute atomic E-state index is 0.0175. The van der Waals surface area contributed by atoms with Crippen molar-refractivity contribution in [3.05, 3.63) is 107 Å². The van der Waals surface area contributed by atoms with Gasteiger partial charge in [0.2, 0.25) is 0 Å². The Kier molecular flexibility index (Phi) is 6.81. The number of ether oxygens (including phenoxy) is 1. The number of nitrogens with zero attached hydrogens (tertiary/aromatic N) is 3. The second kappa shape index (κ2) is 10.3. The van der Waals surface area contributed by atoms with E-state index in [2.05, 4.69) is 5.32 Å². The van der Waals surface area contributed by atoms with Crippen molar-refractivity contribution < 1.29 is 9.53 Å². The number of carbonyl (C=O) groups is 1. The molecule has 1 aromatic heterocycles. The highest BCUT2D eigenvalue weighted by atomic mass is 16.5. The SMILES string of the molecule is Cc1ccc(-c2nn(Cc3ccccc3)cc2C(=O)NCc2cccc(OCC#N)c2)cc1. The molecule has 0 atom stereocenters. The van der Waals surface area contributed by atoms with Gasteiger partial charge in [-0.2, -0.15) is 10.4 Å². The molecule has 0 saturated carbocycles. The molecule has 0 saturated heterocycles. The van der Waals surface area contributed by atoms with Crippen molar-refractivity contribution in [3.8, 4) is 23.1 Å². The van der Waals surface area contributed by atoms with Gasteiger partial charge in [-0.15, -0.1) is 0 Å². The van der Waals surface area contributed by atoms with Crippen molar-refractivity contribution in [2.75, 3.05) is 6.61 Å². The van der Waals surface area contributed by atoms with Gasteiger partial charge in [0.15, 0.2) is 6.61 Å². The summed E-state index contributed by atoms with van der Waals surface area (Å²) in [7, 11) is 0. The van der Waals surface area contributed by atoms with Gasteiger partial charge < -0.3 is 10.1 Å². The van der Waals surface area contributed by atoms with Gasteiger partial charge in [-0.3, -0.25) is 9.48 Å². The first kappa shape index (κ1) is 21.8. The highest BCUT2D eigenvalue weighted by Crippen LogP contribution is 2.23. The molecule has 6 heteroatoms. The van der Waals surface area contributed by atoms with Gasteiger partial charge in [-0.1, -0.05) is 72.3 Å². The van der Waals surface area contributed by atoms with Crippen LogP contribution in [0.2, 0.25) is 0 Å². The number of hydrogen-bond acceptors (Lipinski definition) is 4. The molecule has 6 nitrogen and oxygen atoms in total. The first-order valence-electron chi connectivity index (χ1n) is 10.7. The quantitative estimate of drug-likeness (QED) is 0.433. The molecule has 0 radical (unpaired) electrons. The molecular weight excluding hydrogens is 412 g/mol. The third kappa shape index (κ3) is 5.66. The molecule has 4 aromatic rings. The normalized spacial score (nSPS) is 10.4. The molecule has 164 valence electrons. The van der Waals surface area contributed by atoms with Crippen LogP contribution in [0.3, 0.4) is 0 Å². The topological polar surface area (TPSA) is 79.9 Å². The number of aryl methyl sites for hydroxylation is 1. The minimum atomic E-state index is -0.201. The van der Waals surface area contributed by atoms with Crippen molar-refractivity contribution in [2.24, 2.45) is 0 Å². The Morgan fingerprint density at radius 2 is 1.79 bits per heavy atom. The van der Waals surface area contributed by atoms with Crippen LogP contribution in [-0.2, 0) is 13.1 Å². The second-order valence-electron chi connectivity index (χ2n) is 7.72. The fraction of sp³-hybridized carbons (Fsp3) is 0.148. The van der Waals surface area contributed by atoms with Crippen molar-refractivity contribution in [3.63, 3.8) is 0 Å². The molecule has 33 heavy (non-hydrogen) atoms. The highest BCUT2D eigenvalue weighted by molar-refractivity contribution is 5.99. The summed E-state index contributed by atoms with van der Waals surface area (Å²) in [5, 5.41) is 16.4. The lowest BCUT2D eigenvalue weighted by atomic mass is 10.1. The molecule has 0 aliphatic heterocycles. The van der Waals surface area contributed by atoms with Crippen LogP contribution in [0.15, 0.2) is 85.1 Å². The number of nitriles is 1. The van der Waals surface area contributed by atoms with E-state index in [1.807, 2.05) is 85.8 Å². The minimum Gasteiger partial charge on any atom is -0.479 e. The van der Waals surface area contributed by atoms with Gasteiger partial charge in [-0.25, -0.2) is 0 Å². The molecule has 1 amide bonds. The van der Waals surface area contributed by atoms with Crippen molar-refractivity contribution in [1.29, 1.82) is 5.26 Å². The van der Waals surface area contributed by atoms with E-state index in [4.69, 9.17) is 15.1 Å². The van der Waals surface area contributed by atoms with E-state index in [-0.39, 0.29) is 12.5 Å². The van der Waals surface area contributed by atoms with Gasteiger partial charge in [0.25, 0.3) is 5.91 Å². The van der Waals surface area contributed by atoms with E-state index in [0.29, 0.717) is 30.1 Å². The average molecular weight is 437 g/mol. The van der Waals surface area contributed by atoms with Gasteiger partial charge in [0.1, 0.15) is 17.5 Å². The summed E-state index contributed by atoms with van der Waals surface area (Å²) in [6.45, 7) is 2.92. The second-order valence-corrected chi connectivity index (χ2v) is 7.72. The molecular formula is C27H24N4O2. The van der Waals surface area contributed by atoms with Crippen LogP contribution in [0, 0.1) is 18.3 Å². The van der Waals surface area contributed by atoms with Crippen LogP contribution in [-0.4, -0.2) is 22.3 Å². The molecule has 0 unspecified atom stereocenters. The summed E-state index contributed by atoms with van der Waals surface area (Å²) in [5.74, 6) is 0.396. The zero-order chi connectivity index (χ0) is 23.0. The van der Waals surface area contributed by atoms with E-state index < -0.39 is 0 Å². The summed E-state index contributed by atoms with van der Waals surface area (Å²) in [5.41, 5.74) is 5.20. The van der Waals surface area contributed by atoms with E-state index in [9.17, 15) is 4.79 Å². The molecule has 0 aliphatic carbocycles. The Balaban J connectivity index is 1.56. The Labute approximate surface area is 193 Å². The number of rotatable bonds is 8. The molecule has 3 aromatic carbocycles. The smallest absolute Gasteiger partial charge is 0.255 e. The van der Waals surface area contributed by atoms with Crippen LogP contribution < -0.4 is 10.1 Å². The number of aromatic nitrogens is 2. The predicted molar refractivity (Wildman–Crippen MR) is 127 cm³/mol. The summed E-state index contributed by atoms with van der Waals surface area (Å²) < 4.78 is 7.15. The van der Waals surface area contributed by atoms with E-state index in [1.54, 1.807) is 16.9 Å². The number of amides is 1. The zero-order valence-electron chi connectivity index (χ0n) is 18.4. The Morgan fingerprint density at radius 1 is 1.03 bits per heavy atom. The maximum Gasteiger partial charge on any atom is 0.255 e. The standard InChI is InChI=1S/C27H24N4O2/c1-20-10-12-23(13-11-20)26-25(19-31(30-26)18-21-6-3-2-4-7-21)27(32)29-17-22-8-5-9-24(16-22)33-15-14-28/h2-13,16,19H,15,17-18H2,1H3,(H,29,32). The lowest BCUT2D eigenvalue weighted by Gasteiger charge is -2.08. The average Bonchev–Trinajstić information content (AvgIpc) is 3.26. The zero-order valence-corrected chi connectivity index (χ0v) is 18.4. The van der Waals surface area contributed by atoms with Crippen LogP contribution in [0.5, 0.6) is 5.75 Å². The van der Waals surface area contributed by atoms with Crippen LogP contribution >= 0.6 is 0 Å². The predicted octanol–water partition coefficient (Wildman–Crippen LogP) is 4.74. The number of nitrogens with one attached hydrogen (secondary N) is 1.